The zero-order chi connectivity index (χ0) is 6.53. The van der Waals surface area contributed by atoms with E-state index in [1.54, 1.807) is 0 Å². The molecular formula is C8H9S-. The van der Waals surface area contributed by atoms with Gasteiger partial charge >= 0.3 is 0 Å². The Kier molecular flexibility index (Phi) is 2.65. The van der Waals surface area contributed by atoms with Crippen LogP contribution in [0.5, 0.6) is 0 Å². The first-order valence-corrected chi connectivity index (χ1v) is 3.45. The van der Waals surface area contributed by atoms with Crippen molar-refractivity contribution in [3.63, 3.8) is 0 Å². The van der Waals surface area contributed by atoms with Gasteiger partial charge in [-0.15, -0.1) is 6.42 Å². The molecular weight excluding hydrogens is 128 g/mol. The third-order valence-corrected chi connectivity index (χ3v) is 1.35. The Hall–Kier alpha value is -0.430. The second-order valence-electron chi connectivity index (χ2n) is 1.87. The molecule has 1 aromatic carbocycles. The van der Waals surface area contributed by atoms with Gasteiger partial charge in [0.25, 0.3) is 0 Å². The molecule has 0 aliphatic heterocycles. The third kappa shape index (κ3) is 2.10. The van der Waals surface area contributed by atoms with Crippen LogP contribution in [0.25, 0.3) is 0 Å². The second-order valence-corrected chi connectivity index (χ2v) is 2.24. The Morgan fingerprint density at radius 1 is 1.22 bits per heavy atom. The van der Waals surface area contributed by atoms with E-state index >= 15 is 0 Å². The van der Waals surface area contributed by atoms with Gasteiger partial charge in [-0.2, -0.15) is 0 Å². The molecule has 0 aliphatic carbocycles. The standard InChI is InChI=1S/C8H9S/c9-7-6-8-4-2-1-3-5-8/h1-5,7,9H,6H2/q-1. The smallest absolute Gasteiger partial charge is 0.0616 e. The van der Waals surface area contributed by atoms with Crippen LogP contribution in [0, 0.1) is 5.75 Å². The summed E-state index contributed by atoms with van der Waals surface area (Å²) in [5.74, 6) is 1.86. The molecule has 0 N–H and O–H groups in total. The van der Waals surface area contributed by atoms with E-state index in [1.807, 2.05) is 24.0 Å². The maximum atomic E-state index is 4.01. The topological polar surface area (TPSA) is 0 Å². The highest BCUT2D eigenvalue weighted by molar-refractivity contribution is 7.82. The van der Waals surface area contributed by atoms with Gasteiger partial charge in [0.1, 0.15) is 0 Å². The van der Waals surface area contributed by atoms with E-state index in [2.05, 4.69) is 24.8 Å². The molecule has 9 heavy (non-hydrogen) atoms. The number of hydrogen-bond donors (Lipinski definition) is 1. The van der Waals surface area contributed by atoms with Crippen LogP contribution in [0.4, 0.5) is 0 Å². The minimum atomic E-state index is 0.948. The molecule has 1 aromatic rings. The van der Waals surface area contributed by atoms with Crippen LogP contribution in [0.1, 0.15) is 5.56 Å². The minimum absolute atomic E-state index is 0.948. The Labute approximate surface area is 61.3 Å². The van der Waals surface area contributed by atoms with Crippen molar-refractivity contribution in [2.24, 2.45) is 0 Å². The Morgan fingerprint density at radius 3 is 2.44 bits per heavy atom. The molecule has 0 fully saturated rings. The third-order valence-electron chi connectivity index (χ3n) is 1.17. The predicted molar refractivity (Wildman–Crippen MR) is 43.4 cm³/mol. The molecule has 1 heteroatoms. The summed E-state index contributed by atoms with van der Waals surface area (Å²) in [6, 6.07) is 10.3. The van der Waals surface area contributed by atoms with Crippen LogP contribution in [0.15, 0.2) is 30.3 Å². The fourth-order valence-corrected chi connectivity index (χ4v) is 0.930. The van der Waals surface area contributed by atoms with E-state index < -0.39 is 0 Å². The van der Waals surface area contributed by atoms with Crippen LogP contribution < -0.4 is 0 Å². The van der Waals surface area contributed by atoms with Gasteiger partial charge in [-0.05, 0) is 0 Å². The van der Waals surface area contributed by atoms with Crippen molar-refractivity contribution in [2.45, 2.75) is 6.42 Å². The Morgan fingerprint density at radius 2 is 1.89 bits per heavy atom. The number of rotatable bonds is 2. The summed E-state index contributed by atoms with van der Waals surface area (Å²) < 4.78 is 0. The first-order chi connectivity index (χ1) is 4.43. The normalized spacial score (nSPS) is 9.44. The van der Waals surface area contributed by atoms with Crippen LogP contribution >= 0.6 is 12.6 Å². The SMILES string of the molecule is S[CH-]Cc1ccccc1. The molecule has 0 amide bonds. The van der Waals surface area contributed by atoms with Crippen molar-refractivity contribution in [1.82, 2.24) is 0 Å². The van der Waals surface area contributed by atoms with E-state index in [-0.39, 0.29) is 0 Å². The molecule has 0 radical (unpaired) electrons. The Balaban J connectivity index is 2.61. The molecule has 1 rings (SSSR count). The number of benzene rings is 1. The van der Waals surface area contributed by atoms with Crippen LogP contribution in [0.2, 0.25) is 0 Å². The average molecular weight is 137 g/mol. The fraction of sp³-hybridized carbons (Fsp3) is 0.125. The lowest BCUT2D eigenvalue weighted by molar-refractivity contribution is 1.25. The highest BCUT2D eigenvalue weighted by Crippen LogP contribution is 2.01. The molecule has 0 heterocycles. The second kappa shape index (κ2) is 3.57. The van der Waals surface area contributed by atoms with Crippen LogP contribution in [0.3, 0.4) is 0 Å². The lowest BCUT2D eigenvalue weighted by Crippen LogP contribution is -1.78. The first-order valence-electron chi connectivity index (χ1n) is 2.93. The zero-order valence-corrected chi connectivity index (χ0v) is 6.01. The van der Waals surface area contributed by atoms with E-state index in [0.29, 0.717) is 0 Å². The van der Waals surface area contributed by atoms with Crippen molar-refractivity contribution in [1.29, 1.82) is 0 Å². The summed E-state index contributed by atoms with van der Waals surface area (Å²) in [6.45, 7) is 0. The van der Waals surface area contributed by atoms with Gasteiger partial charge < -0.3 is 12.6 Å². The predicted octanol–water partition coefficient (Wildman–Crippen LogP) is 2.32. The summed E-state index contributed by atoms with van der Waals surface area (Å²) in [6.07, 6.45) is 0.948. The molecule has 0 unspecified atom stereocenters. The lowest BCUT2D eigenvalue weighted by atomic mass is 10.2. The lowest BCUT2D eigenvalue weighted by Gasteiger charge is -2.02. The maximum Gasteiger partial charge on any atom is -0.0616 e. The molecule has 48 valence electrons. The Bertz CT molecular complexity index is 157. The number of hydrogen-bond acceptors (Lipinski definition) is 1. The molecule has 0 saturated heterocycles. The van der Waals surface area contributed by atoms with Gasteiger partial charge in [0.15, 0.2) is 0 Å². The van der Waals surface area contributed by atoms with Crippen molar-refractivity contribution < 1.29 is 0 Å². The highest BCUT2D eigenvalue weighted by Gasteiger charge is 1.78. The van der Waals surface area contributed by atoms with E-state index in [0.717, 1.165) is 6.42 Å². The first kappa shape index (κ1) is 6.69. The monoisotopic (exact) mass is 137 g/mol. The number of thiol groups is 1. The molecule has 0 aliphatic rings. The van der Waals surface area contributed by atoms with Crippen LogP contribution in [-0.4, -0.2) is 0 Å². The van der Waals surface area contributed by atoms with Crippen molar-refractivity contribution >= 4 is 12.6 Å². The summed E-state index contributed by atoms with van der Waals surface area (Å²) in [5, 5.41) is 0. The summed E-state index contributed by atoms with van der Waals surface area (Å²) in [5.41, 5.74) is 1.31. The highest BCUT2D eigenvalue weighted by atomic mass is 32.1. The van der Waals surface area contributed by atoms with Gasteiger partial charge in [0.05, 0.1) is 0 Å². The van der Waals surface area contributed by atoms with E-state index in [9.17, 15) is 0 Å². The average Bonchev–Trinajstić information content (AvgIpc) is 1.91. The largest absolute Gasteiger partial charge is 0.369 e. The van der Waals surface area contributed by atoms with Crippen molar-refractivity contribution in [2.75, 3.05) is 0 Å². The molecule has 0 nitrogen and oxygen atoms in total. The maximum absolute atomic E-state index is 4.01. The molecule has 0 saturated carbocycles. The van der Waals surface area contributed by atoms with E-state index in [1.165, 1.54) is 5.56 Å². The molecule has 0 aromatic heterocycles. The van der Waals surface area contributed by atoms with Gasteiger partial charge in [-0.1, -0.05) is 35.9 Å². The zero-order valence-electron chi connectivity index (χ0n) is 5.12. The van der Waals surface area contributed by atoms with Crippen molar-refractivity contribution in [3.05, 3.63) is 41.6 Å². The minimum Gasteiger partial charge on any atom is -0.369 e. The van der Waals surface area contributed by atoms with Crippen LogP contribution in [-0.2, 0) is 6.42 Å². The quantitative estimate of drug-likeness (QED) is 0.469. The summed E-state index contributed by atoms with van der Waals surface area (Å²) in [4.78, 5) is 0. The fourth-order valence-electron chi connectivity index (χ4n) is 0.720. The van der Waals surface area contributed by atoms with E-state index in [4.69, 9.17) is 0 Å². The summed E-state index contributed by atoms with van der Waals surface area (Å²) in [7, 11) is 0. The van der Waals surface area contributed by atoms with Gasteiger partial charge in [0, 0.05) is 0 Å². The van der Waals surface area contributed by atoms with Crippen molar-refractivity contribution in [3.8, 4) is 0 Å². The summed E-state index contributed by atoms with van der Waals surface area (Å²) >= 11 is 4.01. The molecule has 0 bridgehead atoms. The van der Waals surface area contributed by atoms with Gasteiger partial charge in [-0.3, -0.25) is 5.75 Å². The molecule has 0 spiro atoms. The van der Waals surface area contributed by atoms with Gasteiger partial charge in [0.2, 0.25) is 0 Å². The molecule has 0 atom stereocenters. The van der Waals surface area contributed by atoms with Gasteiger partial charge in [-0.25, -0.2) is 0 Å².